The van der Waals surface area contributed by atoms with Crippen molar-refractivity contribution in [1.29, 1.82) is 0 Å². The number of rotatable bonds is 5. The van der Waals surface area contributed by atoms with Gasteiger partial charge >= 0.3 is 0 Å². The zero-order valence-corrected chi connectivity index (χ0v) is 14.0. The molecule has 1 aliphatic rings. The zero-order chi connectivity index (χ0) is 16.4. The van der Waals surface area contributed by atoms with E-state index in [1.807, 2.05) is 25.1 Å². The van der Waals surface area contributed by atoms with Gasteiger partial charge < -0.3 is 15.4 Å². The number of amides is 1. The number of hydrogen-bond acceptors (Lipinski definition) is 2. The van der Waals surface area contributed by atoms with Gasteiger partial charge in [-0.3, -0.25) is 4.79 Å². The molecular weight excluding hydrogens is 288 g/mol. The van der Waals surface area contributed by atoms with Gasteiger partial charge in [-0.15, -0.1) is 0 Å². The molecule has 1 aromatic carbocycles. The Kier molecular flexibility index (Phi) is 4.71. The summed E-state index contributed by atoms with van der Waals surface area (Å²) in [6.07, 6.45) is 5.06. The van der Waals surface area contributed by atoms with E-state index in [1.54, 1.807) is 6.92 Å². The molecule has 0 aliphatic heterocycles. The molecule has 3 rings (SSSR count). The Morgan fingerprint density at radius 1 is 1.30 bits per heavy atom. The lowest BCUT2D eigenvalue weighted by molar-refractivity contribution is 0.0939. The molecular formula is C19H26N2O2. The van der Waals surface area contributed by atoms with Crippen molar-refractivity contribution >= 4 is 16.8 Å². The van der Waals surface area contributed by atoms with E-state index in [1.165, 1.54) is 29.5 Å². The summed E-state index contributed by atoms with van der Waals surface area (Å²) in [4.78, 5) is 15.9. The summed E-state index contributed by atoms with van der Waals surface area (Å²) in [6, 6.07) is 5.92. The van der Waals surface area contributed by atoms with Crippen molar-refractivity contribution in [2.45, 2.75) is 52.1 Å². The summed E-state index contributed by atoms with van der Waals surface area (Å²) in [5.74, 6) is 0.234. The first kappa shape index (κ1) is 16.1. The van der Waals surface area contributed by atoms with Crippen molar-refractivity contribution in [3.8, 4) is 0 Å². The van der Waals surface area contributed by atoms with Crippen LogP contribution in [0.25, 0.3) is 10.9 Å². The molecule has 0 spiro atoms. The summed E-state index contributed by atoms with van der Waals surface area (Å²) < 4.78 is 0. The SMILES string of the molecule is CC(O)CC(C)CNC(=O)c1ccc2[nH]c3c(c2c1)CCCC3. The van der Waals surface area contributed by atoms with Crippen LogP contribution in [0.15, 0.2) is 18.2 Å². The maximum absolute atomic E-state index is 12.4. The Balaban J connectivity index is 1.73. The second-order valence-corrected chi connectivity index (χ2v) is 6.95. The highest BCUT2D eigenvalue weighted by Crippen LogP contribution is 2.29. The lowest BCUT2D eigenvalue weighted by Crippen LogP contribution is -2.29. The van der Waals surface area contributed by atoms with Gasteiger partial charge in [-0.05, 0) is 68.7 Å². The van der Waals surface area contributed by atoms with Gasteiger partial charge in [-0.2, -0.15) is 0 Å². The molecule has 0 radical (unpaired) electrons. The van der Waals surface area contributed by atoms with Crippen LogP contribution in [0.2, 0.25) is 0 Å². The predicted octanol–water partition coefficient (Wildman–Crippen LogP) is 3.18. The molecule has 2 unspecified atom stereocenters. The number of hydrogen-bond donors (Lipinski definition) is 3. The van der Waals surface area contributed by atoms with Gasteiger partial charge in [0.2, 0.25) is 0 Å². The molecule has 0 fully saturated rings. The molecule has 23 heavy (non-hydrogen) atoms. The fourth-order valence-electron chi connectivity index (χ4n) is 3.58. The van der Waals surface area contributed by atoms with Gasteiger partial charge in [0.25, 0.3) is 5.91 Å². The molecule has 0 saturated carbocycles. The quantitative estimate of drug-likeness (QED) is 0.793. The Morgan fingerprint density at radius 2 is 2.09 bits per heavy atom. The topological polar surface area (TPSA) is 65.1 Å². The Labute approximate surface area is 137 Å². The number of aryl methyl sites for hydroxylation is 2. The largest absolute Gasteiger partial charge is 0.393 e. The molecule has 1 heterocycles. The fraction of sp³-hybridized carbons (Fsp3) is 0.526. The van der Waals surface area contributed by atoms with E-state index in [0.717, 1.165) is 18.4 Å². The van der Waals surface area contributed by atoms with E-state index in [2.05, 4.69) is 10.3 Å². The standard InChI is InChI=1S/C19H26N2O2/c1-12(9-13(2)22)11-20-19(23)14-7-8-18-16(10-14)15-5-3-4-6-17(15)21-18/h7-8,10,12-13,21-22H,3-6,9,11H2,1-2H3,(H,20,23). The third-order valence-electron chi connectivity index (χ3n) is 4.71. The van der Waals surface area contributed by atoms with Crippen molar-refractivity contribution in [1.82, 2.24) is 10.3 Å². The van der Waals surface area contributed by atoms with Crippen LogP contribution < -0.4 is 5.32 Å². The van der Waals surface area contributed by atoms with Crippen LogP contribution in [0.3, 0.4) is 0 Å². The van der Waals surface area contributed by atoms with Crippen LogP contribution in [0.1, 0.15) is 54.7 Å². The van der Waals surface area contributed by atoms with E-state index in [4.69, 9.17) is 0 Å². The number of carbonyl (C=O) groups excluding carboxylic acids is 1. The number of carbonyl (C=O) groups is 1. The maximum atomic E-state index is 12.4. The van der Waals surface area contributed by atoms with Crippen molar-refractivity contribution in [3.63, 3.8) is 0 Å². The number of aromatic amines is 1. The van der Waals surface area contributed by atoms with Crippen LogP contribution in [0.5, 0.6) is 0 Å². The summed E-state index contributed by atoms with van der Waals surface area (Å²) in [5, 5.41) is 13.6. The van der Waals surface area contributed by atoms with Gasteiger partial charge in [-0.1, -0.05) is 6.92 Å². The number of aliphatic hydroxyl groups is 1. The molecule has 1 aliphatic carbocycles. The second-order valence-electron chi connectivity index (χ2n) is 6.95. The van der Waals surface area contributed by atoms with Crippen LogP contribution >= 0.6 is 0 Å². The maximum Gasteiger partial charge on any atom is 0.251 e. The third kappa shape index (κ3) is 3.58. The van der Waals surface area contributed by atoms with Crippen LogP contribution in [-0.4, -0.2) is 28.6 Å². The summed E-state index contributed by atoms with van der Waals surface area (Å²) in [6.45, 7) is 4.41. The second kappa shape index (κ2) is 6.75. The Hall–Kier alpha value is -1.81. The highest BCUT2D eigenvalue weighted by atomic mass is 16.3. The van der Waals surface area contributed by atoms with E-state index in [-0.39, 0.29) is 17.9 Å². The predicted molar refractivity (Wildman–Crippen MR) is 92.7 cm³/mol. The normalized spacial score (nSPS) is 16.8. The van der Waals surface area contributed by atoms with Crippen LogP contribution in [-0.2, 0) is 12.8 Å². The molecule has 4 nitrogen and oxygen atoms in total. The average molecular weight is 314 g/mol. The molecule has 0 bridgehead atoms. The molecule has 124 valence electrons. The molecule has 1 aromatic heterocycles. The first-order valence-corrected chi connectivity index (χ1v) is 8.64. The van der Waals surface area contributed by atoms with Gasteiger partial charge in [0.05, 0.1) is 6.10 Å². The third-order valence-corrected chi connectivity index (χ3v) is 4.71. The summed E-state index contributed by atoms with van der Waals surface area (Å²) in [5.41, 5.74) is 4.59. The molecule has 1 amide bonds. The number of nitrogens with one attached hydrogen (secondary N) is 2. The number of fused-ring (bicyclic) bond motifs is 3. The highest BCUT2D eigenvalue weighted by Gasteiger charge is 2.17. The molecule has 4 heteroatoms. The van der Waals surface area contributed by atoms with Crippen molar-refractivity contribution in [3.05, 3.63) is 35.0 Å². The monoisotopic (exact) mass is 314 g/mol. The molecule has 0 saturated heterocycles. The van der Waals surface area contributed by atoms with E-state index in [0.29, 0.717) is 18.5 Å². The smallest absolute Gasteiger partial charge is 0.251 e. The number of H-pyrrole nitrogens is 1. The minimum atomic E-state index is -0.329. The van der Waals surface area contributed by atoms with E-state index < -0.39 is 0 Å². The minimum Gasteiger partial charge on any atom is -0.393 e. The van der Waals surface area contributed by atoms with Crippen LogP contribution in [0.4, 0.5) is 0 Å². The number of aliphatic hydroxyl groups excluding tert-OH is 1. The Bertz CT molecular complexity index is 703. The minimum absolute atomic E-state index is 0.0323. The summed E-state index contributed by atoms with van der Waals surface area (Å²) >= 11 is 0. The molecule has 2 atom stereocenters. The first-order valence-electron chi connectivity index (χ1n) is 8.64. The van der Waals surface area contributed by atoms with Crippen molar-refractivity contribution < 1.29 is 9.90 Å². The van der Waals surface area contributed by atoms with Crippen molar-refractivity contribution in [2.75, 3.05) is 6.54 Å². The van der Waals surface area contributed by atoms with E-state index in [9.17, 15) is 9.90 Å². The van der Waals surface area contributed by atoms with E-state index >= 15 is 0 Å². The van der Waals surface area contributed by atoms with Gasteiger partial charge in [-0.25, -0.2) is 0 Å². The zero-order valence-electron chi connectivity index (χ0n) is 14.0. The van der Waals surface area contributed by atoms with Gasteiger partial charge in [0, 0.05) is 28.7 Å². The number of aromatic nitrogens is 1. The number of benzene rings is 1. The molecule has 3 N–H and O–H groups in total. The lowest BCUT2D eigenvalue weighted by atomic mass is 9.95. The van der Waals surface area contributed by atoms with Gasteiger partial charge in [0.15, 0.2) is 0 Å². The van der Waals surface area contributed by atoms with Gasteiger partial charge in [0.1, 0.15) is 0 Å². The summed E-state index contributed by atoms with van der Waals surface area (Å²) in [7, 11) is 0. The molecule has 2 aromatic rings. The average Bonchev–Trinajstić information content (AvgIpc) is 2.89. The Morgan fingerprint density at radius 3 is 2.87 bits per heavy atom. The first-order chi connectivity index (χ1) is 11.0. The highest BCUT2D eigenvalue weighted by molar-refractivity contribution is 5.99. The van der Waals surface area contributed by atoms with Crippen molar-refractivity contribution in [2.24, 2.45) is 5.92 Å². The lowest BCUT2D eigenvalue weighted by Gasteiger charge is -2.14. The van der Waals surface area contributed by atoms with Crippen LogP contribution in [0, 0.1) is 5.92 Å². The fourth-order valence-corrected chi connectivity index (χ4v) is 3.58.